The Kier molecular flexibility index (Phi) is 3.15. The van der Waals surface area contributed by atoms with Crippen LogP contribution in [0.15, 0.2) is 47.1 Å². The maximum absolute atomic E-state index is 11.3. The average molecular weight is 276 g/mol. The molecular weight excluding hydrogens is 266 g/mol. The molecule has 1 aromatic heterocycles. The molecule has 0 amide bonds. The van der Waals surface area contributed by atoms with E-state index in [1.165, 1.54) is 0 Å². The van der Waals surface area contributed by atoms with E-state index in [2.05, 4.69) is 20.9 Å². The van der Waals surface area contributed by atoms with Crippen molar-refractivity contribution in [1.29, 1.82) is 0 Å². The van der Waals surface area contributed by atoms with Gasteiger partial charge in [0.25, 0.3) is 0 Å². The summed E-state index contributed by atoms with van der Waals surface area (Å²) >= 11 is 3.46. The summed E-state index contributed by atoms with van der Waals surface area (Å²) in [5.74, 6) is 0.0599. The van der Waals surface area contributed by atoms with Gasteiger partial charge in [0.2, 0.25) is 0 Å². The van der Waals surface area contributed by atoms with E-state index in [1.807, 2.05) is 30.3 Å². The van der Waals surface area contributed by atoms with Gasteiger partial charge in [-0.25, -0.2) is 0 Å². The van der Waals surface area contributed by atoms with E-state index in [-0.39, 0.29) is 5.78 Å². The number of nitrogens with zero attached hydrogens (tertiary/aromatic N) is 1. The topological polar surface area (TPSA) is 30.0 Å². The molecule has 0 N–H and O–H groups in total. The van der Waals surface area contributed by atoms with E-state index in [0.717, 1.165) is 15.7 Å². The van der Waals surface area contributed by atoms with E-state index in [4.69, 9.17) is 0 Å². The molecule has 0 radical (unpaired) electrons. The largest absolute Gasteiger partial charge is 0.295 e. The van der Waals surface area contributed by atoms with Crippen LogP contribution in [-0.4, -0.2) is 10.8 Å². The summed E-state index contributed by atoms with van der Waals surface area (Å²) in [5.41, 5.74) is 2.50. The molecule has 0 saturated heterocycles. The van der Waals surface area contributed by atoms with Crippen molar-refractivity contribution in [3.63, 3.8) is 0 Å². The van der Waals surface area contributed by atoms with Gasteiger partial charge < -0.3 is 0 Å². The van der Waals surface area contributed by atoms with Crippen LogP contribution in [-0.2, 0) is 0 Å². The second-order valence-corrected chi connectivity index (χ2v) is 4.32. The van der Waals surface area contributed by atoms with Gasteiger partial charge in [-0.3, -0.25) is 9.78 Å². The van der Waals surface area contributed by atoms with Crippen molar-refractivity contribution in [1.82, 2.24) is 4.98 Å². The molecule has 2 nitrogen and oxygen atoms in total. The zero-order chi connectivity index (χ0) is 11.5. The number of pyridine rings is 1. The third-order valence-corrected chi connectivity index (χ3v) is 3.01. The number of benzene rings is 1. The highest BCUT2D eigenvalue weighted by Crippen LogP contribution is 2.27. The van der Waals surface area contributed by atoms with E-state index in [9.17, 15) is 4.79 Å². The van der Waals surface area contributed by atoms with E-state index < -0.39 is 0 Å². The summed E-state index contributed by atoms with van der Waals surface area (Å²) < 4.78 is 0.941. The molecular formula is C13H10BrNO. The lowest BCUT2D eigenvalue weighted by Crippen LogP contribution is -1.93. The van der Waals surface area contributed by atoms with Gasteiger partial charge in [0, 0.05) is 21.8 Å². The predicted octanol–water partition coefficient (Wildman–Crippen LogP) is 3.71. The summed E-state index contributed by atoms with van der Waals surface area (Å²) in [5, 5.41) is 0. The van der Waals surface area contributed by atoms with Crippen LogP contribution in [0.25, 0.3) is 11.3 Å². The Hall–Kier alpha value is -1.48. The first-order chi connectivity index (χ1) is 7.68. The molecule has 2 rings (SSSR count). The van der Waals surface area contributed by atoms with Gasteiger partial charge in [0.05, 0.1) is 5.69 Å². The Morgan fingerprint density at radius 1 is 1.25 bits per heavy atom. The van der Waals surface area contributed by atoms with Gasteiger partial charge >= 0.3 is 0 Å². The minimum Gasteiger partial charge on any atom is -0.295 e. The van der Waals surface area contributed by atoms with Gasteiger partial charge in [-0.1, -0.05) is 28.1 Å². The highest BCUT2D eigenvalue weighted by molar-refractivity contribution is 9.10. The smallest absolute Gasteiger partial charge is 0.159 e. The first kappa shape index (κ1) is 11.0. The number of rotatable bonds is 2. The molecule has 1 aromatic carbocycles. The summed E-state index contributed by atoms with van der Waals surface area (Å²) in [6.07, 6.45) is 1.74. The average Bonchev–Trinajstić information content (AvgIpc) is 2.30. The van der Waals surface area contributed by atoms with Crippen LogP contribution in [0, 0.1) is 0 Å². The third-order valence-electron chi connectivity index (χ3n) is 2.31. The molecule has 80 valence electrons. The van der Waals surface area contributed by atoms with Crippen molar-refractivity contribution in [3.05, 3.63) is 52.6 Å². The molecule has 0 atom stereocenters. The fourth-order valence-corrected chi connectivity index (χ4v) is 1.91. The lowest BCUT2D eigenvalue weighted by atomic mass is 10.1. The molecule has 0 spiro atoms. The summed E-state index contributed by atoms with van der Waals surface area (Å²) in [4.78, 5) is 15.6. The van der Waals surface area contributed by atoms with E-state index in [0.29, 0.717) is 5.56 Å². The van der Waals surface area contributed by atoms with E-state index in [1.54, 1.807) is 19.2 Å². The van der Waals surface area contributed by atoms with Gasteiger partial charge in [-0.15, -0.1) is 0 Å². The monoisotopic (exact) mass is 275 g/mol. The van der Waals surface area contributed by atoms with E-state index >= 15 is 0 Å². The first-order valence-corrected chi connectivity index (χ1v) is 5.69. The molecule has 0 aliphatic heterocycles. The van der Waals surface area contributed by atoms with Gasteiger partial charge in [-0.05, 0) is 31.2 Å². The van der Waals surface area contributed by atoms with Gasteiger partial charge in [0.1, 0.15) is 0 Å². The third kappa shape index (κ3) is 2.19. The van der Waals surface area contributed by atoms with Crippen LogP contribution in [0.1, 0.15) is 17.3 Å². The molecule has 0 fully saturated rings. The summed E-state index contributed by atoms with van der Waals surface area (Å²) in [7, 11) is 0. The molecule has 0 aliphatic rings. The van der Waals surface area contributed by atoms with Crippen molar-refractivity contribution in [2.24, 2.45) is 0 Å². The molecule has 1 heterocycles. The lowest BCUT2D eigenvalue weighted by Gasteiger charge is -2.05. The molecule has 16 heavy (non-hydrogen) atoms. The lowest BCUT2D eigenvalue weighted by molar-refractivity contribution is 0.101. The molecule has 2 aromatic rings. The SMILES string of the molecule is CC(=O)c1ccc(Br)c(-c2ccccn2)c1. The Morgan fingerprint density at radius 3 is 2.69 bits per heavy atom. The summed E-state index contributed by atoms with van der Waals surface area (Å²) in [6.45, 7) is 1.56. The van der Waals surface area contributed by atoms with Crippen molar-refractivity contribution in [3.8, 4) is 11.3 Å². The maximum Gasteiger partial charge on any atom is 0.159 e. The summed E-state index contributed by atoms with van der Waals surface area (Å²) in [6, 6.07) is 11.2. The first-order valence-electron chi connectivity index (χ1n) is 4.90. The Labute approximate surface area is 102 Å². The number of halogens is 1. The molecule has 0 unspecified atom stereocenters. The quantitative estimate of drug-likeness (QED) is 0.782. The van der Waals surface area contributed by atoms with Crippen molar-refractivity contribution in [2.75, 3.05) is 0 Å². The molecule has 0 bridgehead atoms. The van der Waals surface area contributed by atoms with Crippen LogP contribution in [0.3, 0.4) is 0 Å². The Bertz CT molecular complexity index is 523. The highest BCUT2D eigenvalue weighted by Gasteiger charge is 2.07. The standard InChI is InChI=1S/C13H10BrNO/c1-9(16)10-5-6-12(14)11(8-10)13-4-2-3-7-15-13/h2-8H,1H3. The number of hydrogen-bond acceptors (Lipinski definition) is 2. The van der Waals surface area contributed by atoms with Crippen molar-refractivity contribution in [2.45, 2.75) is 6.92 Å². The Balaban J connectivity index is 2.56. The minimum atomic E-state index is 0.0599. The van der Waals surface area contributed by atoms with Crippen LogP contribution in [0.2, 0.25) is 0 Å². The number of aromatic nitrogens is 1. The van der Waals surface area contributed by atoms with Gasteiger partial charge in [-0.2, -0.15) is 0 Å². The van der Waals surface area contributed by atoms with Gasteiger partial charge in [0.15, 0.2) is 5.78 Å². The van der Waals surface area contributed by atoms with Crippen molar-refractivity contribution < 1.29 is 4.79 Å². The predicted molar refractivity (Wildman–Crippen MR) is 67.4 cm³/mol. The van der Waals surface area contributed by atoms with Crippen LogP contribution in [0.4, 0.5) is 0 Å². The second-order valence-electron chi connectivity index (χ2n) is 3.47. The number of hydrogen-bond donors (Lipinski definition) is 0. The maximum atomic E-state index is 11.3. The minimum absolute atomic E-state index is 0.0599. The van der Waals surface area contributed by atoms with Crippen LogP contribution in [0.5, 0.6) is 0 Å². The zero-order valence-corrected chi connectivity index (χ0v) is 10.4. The second kappa shape index (κ2) is 4.58. The normalized spacial score (nSPS) is 10.1. The number of carbonyl (C=O) groups excluding carboxylic acids is 1. The number of carbonyl (C=O) groups is 1. The highest BCUT2D eigenvalue weighted by atomic mass is 79.9. The fraction of sp³-hybridized carbons (Fsp3) is 0.0769. The van der Waals surface area contributed by atoms with Crippen molar-refractivity contribution >= 4 is 21.7 Å². The number of Topliss-reactive ketones (excluding diaryl/α,β-unsaturated/α-hetero) is 1. The molecule has 0 saturated carbocycles. The molecule has 3 heteroatoms. The zero-order valence-electron chi connectivity index (χ0n) is 8.77. The Morgan fingerprint density at radius 2 is 2.06 bits per heavy atom. The van der Waals surface area contributed by atoms with Crippen LogP contribution < -0.4 is 0 Å². The fourth-order valence-electron chi connectivity index (χ4n) is 1.46. The molecule has 0 aliphatic carbocycles. The number of ketones is 1. The van der Waals surface area contributed by atoms with Crippen LogP contribution >= 0.6 is 15.9 Å².